The monoisotopic (exact) mass is 403 g/mol. The maximum absolute atomic E-state index is 13.3. The van der Waals surface area contributed by atoms with Crippen LogP contribution in [-0.4, -0.2) is 46.2 Å². The van der Waals surface area contributed by atoms with E-state index >= 15 is 0 Å². The lowest BCUT2D eigenvalue weighted by molar-refractivity contribution is -0.125. The van der Waals surface area contributed by atoms with E-state index in [0.717, 1.165) is 5.56 Å². The molecule has 150 valence electrons. The Kier molecular flexibility index (Phi) is 6.36. The summed E-state index contributed by atoms with van der Waals surface area (Å²) in [6.07, 6.45) is 2.41. The van der Waals surface area contributed by atoms with Crippen LogP contribution < -0.4 is 10.1 Å². The van der Waals surface area contributed by atoms with Crippen molar-refractivity contribution < 1.29 is 22.7 Å². The molecule has 0 radical (unpaired) electrons. The Morgan fingerprint density at radius 1 is 1.11 bits per heavy atom. The van der Waals surface area contributed by atoms with E-state index < -0.39 is 15.3 Å². The van der Waals surface area contributed by atoms with Gasteiger partial charge in [-0.3, -0.25) is 4.79 Å². The van der Waals surface area contributed by atoms with Crippen molar-refractivity contribution in [3.63, 3.8) is 0 Å². The zero-order chi connectivity index (χ0) is 20.0. The number of anilines is 1. The molecule has 1 saturated heterocycles. The topological polar surface area (TPSA) is 81.7 Å². The third-order valence-electron chi connectivity index (χ3n) is 4.92. The van der Waals surface area contributed by atoms with Crippen LogP contribution >= 0.6 is 0 Å². The van der Waals surface area contributed by atoms with Crippen molar-refractivity contribution in [1.29, 1.82) is 0 Å². The molecule has 6 nitrogen and oxygen atoms in total. The summed E-state index contributed by atoms with van der Waals surface area (Å²) in [5.74, 6) is 0.387. The summed E-state index contributed by atoms with van der Waals surface area (Å²) in [4.78, 5) is 13.3. The van der Waals surface area contributed by atoms with Crippen LogP contribution in [0.2, 0.25) is 0 Å². The highest BCUT2D eigenvalue weighted by Crippen LogP contribution is 2.36. The lowest BCUT2D eigenvalue weighted by Gasteiger charge is -2.36. The predicted octanol–water partition coefficient (Wildman–Crippen LogP) is 2.80. The van der Waals surface area contributed by atoms with Crippen molar-refractivity contribution in [3.05, 3.63) is 60.2 Å². The molecule has 1 N–H and O–H groups in total. The zero-order valence-corrected chi connectivity index (χ0v) is 16.7. The highest BCUT2D eigenvalue weighted by Gasteiger charge is 2.41. The number of nitrogens with one attached hydrogen (secondary N) is 1. The molecular weight excluding hydrogens is 378 g/mol. The van der Waals surface area contributed by atoms with E-state index in [9.17, 15) is 13.2 Å². The Morgan fingerprint density at radius 2 is 1.82 bits per heavy atom. The average molecular weight is 404 g/mol. The van der Waals surface area contributed by atoms with Gasteiger partial charge in [-0.2, -0.15) is 0 Å². The van der Waals surface area contributed by atoms with Gasteiger partial charge in [0.15, 0.2) is 9.84 Å². The summed E-state index contributed by atoms with van der Waals surface area (Å²) in [6.45, 7) is 1.15. The maximum Gasteiger partial charge on any atom is 0.235 e. The minimum absolute atomic E-state index is 0.0549. The number of rotatable bonds is 7. The second-order valence-corrected chi connectivity index (χ2v) is 9.28. The molecule has 0 aliphatic carbocycles. The minimum atomic E-state index is -3.08. The van der Waals surface area contributed by atoms with Gasteiger partial charge in [0.05, 0.1) is 11.2 Å². The van der Waals surface area contributed by atoms with Crippen molar-refractivity contribution >= 4 is 21.4 Å². The fourth-order valence-corrected chi connectivity index (χ4v) is 3.74. The number of hydrogen-bond donors (Lipinski definition) is 1. The fourth-order valence-electron chi connectivity index (χ4n) is 3.35. The van der Waals surface area contributed by atoms with Crippen molar-refractivity contribution in [2.24, 2.45) is 0 Å². The van der Waals surface area contributed by atoms with Gasteiger partial charge in [0.1, 0.15) is 12.4 Å². The fraction of sp³-hybridized carbons (Fsp3) is 0.381. The lowest BCUT2D eigenvalue weighted by Crippen LogP contribution is -2.44. The van der Waals surface area contributed by atoms with E-state index in [-0.39, 0.29) is 18.3 Å². The second kappa shape index (κ2) is 8.75. The summed E-state index contributed by atoms with van der Waals surface area (Å²) >= 11 is 0. The number of amides is 1. The Morgan fingerprint density at radius 3 is 2.50 bits per heavy atom. The third kappa shape index (κ3) is 5.11. The van der Waals surface area contributed by atoms with E-state index in [0.29, 0.717) is 37.5 Å². The van der Waals surface area contributed by atoms with Gasteiger partial charge in [-0.05, 0) is 30.5 Å². The number of hydrogen-bond acceptors (Lipinski definition) is 5. The molecule has 0 atom stereocenters. The van der Waals surface area contributed by atoms with Crippen LogP contribution in [0.5, 0.6) is 5.75 Å². The molecule has 1 heterocycles. The molecule has 1 amide bonds. The van der Waals surface area contributed by atoms with Crippen LogP contribution in [0, 0.1) is 0 Å². The van der Waals surface area contributed by atoms with Crippen LogP contribution in [0.4, 0.5) is 5.69 Å². The van der Waals surface area contributed by atoms with Gasteiger partial charge in [0, 0.05) is 31.2 Å². The summed E-state index contributed by atoms with van der Waals surface area (Å²) in [6, 6.07) is 16.8. The Labute approximate surface area is 165 Å². The summed E-state index contributed by atoms with van der Waals surface area (Å²) in [5.41, 5.74) is 0.965. The molecule has 7 heteroatoms. The minimum Gasteiger partial charge on any atom is -0.492 e. The first-order chi connectivity index (χ1) is 13.4. The number of benzene rings is 2. The molecule has 2 aromatic rings. The number of ether oxygens (including phenoxy) is 2. The molecule has 0 aromatic heterocycles. The van der Waals surface area contributed by atoms with Crippen LogP contribution in [-0.2, 0) is 24.8 Å². The summed E-state index contributed by atoms with van der Waals surface area (Å²) < 4.78 is 33.5. The second-order valence-electron chi connectivity index (χ2n) is 7.02. The summed E-state index contributed by atoms with van der Waals surface area (Å²) in [7, 11) is -3.08. The lowest BCUT2D eigenvalue weighted by atomic mass is 9.73. The van der Waals surface area contributed by atoms with Crippen molar-refractivity contribution in [2.45, 2.75) is 18.3 Å². The number of carbonyl (C=O) groups is 1. The molecule has 1 aliphatic rings. The molecule has 0 unspecified atom stereocenters. The normalized spacial score (nSPS) is 16.3. The van der Waals surface area contributed by atoms with Gasteiger partial charge in [0.25, 0.3) is 0 Å². The van der Waals surface area contributed by atoms with Crippen LogP contribution in [0.1, 0.15) is 18.4 Å². The molecule has 0 spiro atoms. The van der Waals surface area contributed by atoms with Gasteiger partial charge < -0.3 is 14.8 Å². The van der Waals surface area contributed by atoms with Crippen LogP contribution in [0.3, 0.4) is 0 Å². The Hall–Kier alpha value is -2.38. The summed E-state index contributed by atoms with van der Waals surface area (Å²) in [5, 5.41) is 3.01. The standard InChI is InChI=1S/C21H25NO5S/c1-28(24,25)15-14-27-19-9-5-8-18(16-19)22-20(23)21(10-12-26-13-11-21)17-6-3-2-4-7-17/h2-9,16H,10-15H2,1H3,(H,22,23). The smallest absolute Gasteiger partial charge is 0.235 e. The van der Waals surface area contributed by atoms with E-state index in [2.05, 4.69) is 5.32 Å². The third-order valence-corrected chi connectivity index (χ3v) is 5.83. The molecule has 2 aromatic carbocycles. The quantitative estimate of drug-likeness (QED) is 0.769. The largest absolute Gasteiger partial charge is 0.492 e. The van der Waals surface area contributed by atoms with Crippen molar-refractivity contribution in [2.75, 3.05) is 37.1 Å². The van der Waals surface area contributed by atoms with E-state index in [1.54, 1.807) is 24.3 Å². The molecule has 28 heavy (non-hydrogen) atoms. The van der Waals surface area contributed by atoms with Crippen molar-refractivity contribution in [1.82, 2.24) is 0 Å². The first kappa shape index (κ1) is 20.4. The first-order valence-corrected chi connectivity index (χ1v) is 11.3. The first-order valence-electron chi connectivity index (χ1n) is 9.24. The SMILES string of the molecule is CS(=O)(=O)CCOc1cccc(NC(=O)C2(c3ccccc3)CCOCC2)c1. The van der Waals surface area contributed by atoms with Crippen LogP contribution in [0.25, 0.3) is 0 Å². The molecule has 3 rings (SSSR count). The van der Waals surface area contributed by atoms with E-state index in [1.165, 1.54) is 6.26 Å². The molecular formula is C21H25NO5S. The number of carbonyl (C=O) groups excluding carboxylic acids is 1. The zero-order valence-electron chi connectivity index (χ0n) is 15.9. The average Bonchev–Trinajstić information content (AvgIpc) is 2.68. The highest BCUT2D eigenvalue weighted by atomic mass is 32.2. The van der Waals surface area contributed by atoms with Gasteiger partial charge in [0.2, 0.25) is 5.91 Å². The van der Waals surface area contributed by atoms with Gasteiger partial charge in [-0.25, -0.2) is 8.42 Å². The number of sulfone groups is 1. The molecule has 0 bridgehead atoms. The Bertz CT molecular complexity index is 905. The van der Waals surface area contributed by atoms with E-state index in [1.807, 2.05) is 30.3 Å². The van der Waals surface area contributed by atoms with Gasteiger partial charge in [-0.15, -0.1) is 0 Å². The maximum atomic E-state index is 13.3. The predicted molar refractivity (Wildman–Crippen MR) is 108 cm³/mol. The van der Waals surface area contributed by atoms with Gasteiger partial charge >= 0.3 is 0 Å². The van der Waals surface area contributed by atoms with E-state index in [4.69, 9.17) is 9.47 Å². The highest BCUT2D eigenvalue weighted by molar-refractivity contribution is 7.90. The van der Waals surface area contributed by atoms with Gasteiger partial charge in [-0.1, -0.05) is 36.4 Å². The van der Waals surface area contributed by atoms with Crippen molar-refractivity contribution in [3.8, 4) is 5.75 Å². The molecule has 1 fully saturated rings. The van der Waals surface area contributed by atoms with Crippen LogP contribution in [0.15, 0.2) is 54.6 Å². The molecule has 0 saturated carbocycles. The Balaban J connectivity index is 1.74. The molecule has 1 aliphatic heterocycles.